The van der Waals surface area contributed by atoms with Crippen LogP contribution in [-0.2, 0) is 10.5 Å². The monoisotopic (exact) mass is 295 g/mol. The molecule has 0 aromatic heterocycles. The molecular formula is C16H25NO2S. The predicted octanol–water partition coefficient (Wildman–Crippen LogP) is 3.46. The van der Waals surface area contributed by atoms with Gasteiger partial charge in [-0.25, -0.2) is 0 Å². The van der Waals surface area contributed by atoms with Gasteiger partial charge in [0.25, 0.3) is 0 Å². The molecular weight excluding hydrogens is 270 g/mol. The Kier molecular flexibility index (Phi) is 7.10. The van der Waals surface area contributed by atoms with Crippen LogP contribution < -0.4 is 5.32 Å². The van der Waals surface area contributed by atoms with E-state index >= 15 is 0 Å². The minimum Gasteiger partial charge on any atom is -0.480 e. The van der Waals surface area contributed by atoms with Crippen LogP contribution in [0.3, 0.4) is 0 Å². The van der Waals surface area contributed by atoms with Crippen LogP contribution in [0.4, 0.5) is 0 Å². The highest BCUT2D eigenvalue weighted by molar-refractivity contribution is 7.98. The van der Waals surface area contributed by atoms with Crippen LogP contribution in [0.25, 0.3) is 0 Å². The van der Waals surface area contributed by atoms with Gasteiger partial charge in [0.1, 0.15) is 5.54 Å². The molecule has 1 rings (SSSR count). The fourth-order valence-corrected chi connectivity index (χ4v) is 3.18. The third-order valence-corrected chi connectivity index (χ3v) is 4.62. The molecule has 1 unspecified atom stereocenters. The van der Waals surface area contributed by atoms with E-state index in [-0.39, 0.29) is 0 Å². The van der Waals surface area contributed by atoms with E-state index in [0.29, 0.717) is 13.0 Å². The van der Waals surface area contributed by atoms with E-state index < -0.39 is 11.5 Å². The lowest BCUT2D eigenvalue weighted by Crippen LogP contribution is -2.49. The highest BCUT2D eigenvalue weighted by Crippen LogP contribution is 2.19. The Labute approximate surface area is 126 Å². The Morgan fingerprint density at radius 3 is 2.70 bits per heavy atom. The lowest BCUT2D eigenvalue weighted by Gasteiger charge is -2.25. The van der Waals surface area contributed by atoms with Gasteiger partial charge in [0, 0.05) is 5.75 Å². The number of nitrogens with one attached hydrogen (secondary N) is 1. The van der Waals surface area contributed by atoms with E-state index in [1.54, 1.807) is 6.92 Å². The van der Waals surface area contributed by atoms with Gasteiger partial charge in [0.05, 0.1) is 0 Å². The maximum atomic E-state index is 11.3. The van der Waals surface area contributed by atoms with Crippen LogP contribution in [0.2, 0.25) is 0 Å². The summed E-state index contributed by atoms with van der Waals surface area (Å²) in [6.07, 6.45) is 1.57. The largest absolute Gasteiger partial charge is 0.480 e. The van der Waals surface area contributed by atoms with Gasteiger partial charge in [-0.3, -0.25) is 4.79 Å². The Morgan fingerprint density at radius 1 is 1.40 bits per heavy atom. The zero-order chi connectivity index (χ0) is 15.0. The number of benzene rings is 1. The number of likely N-dealkylation sites (N-methyl/N-ethyl adjacent to an activating group) is 1. The molecule has 0 aliphatic carbocycles. The highest BCUT2D eigenvalue weighted by atomic mass is 32.2. The maximum Gasteiger partial charge on any atom is 0.323 e. The minimum absolute atomic E-state index is 0.664. The molecule has 0 radical (unpaired) electrons. The number of hydrogen-bond donors (Lipinski definition) is 2. The lowest BCUT2D eigenvalue weighted by atomic mass is 9.96. The summed E-state index contributed by atoms with van der Waals surface area (Å²) in [6, 6.07) is 8.40. The second kappa shape index (κ2) is 8.32. The maximum absolute atomic E-state index is 11.3. The standard InChI is InChI=1S/C16H25NO2S/c1-4-17-16(3,15(18)19)10-7-11-20-12-14-9-6-5-8-13(14)2/h5-6,8-9,17H,4,7,10-12H2,1-3H3,(H,18,19). The molecule has 0 fully saturated rings. The van der Waals surface area contributed by atoms with Crippen LogP contribution in [0.15, 0.2) is 24.3 Å². The number of thioether (sulfide) groups is 1. The van der Waals surface area contributed by atoms with E-state index in [4.69, 9.17) is 0 Å². The first-order valence-corrected chi connectivity index (χ1v) is 8.25. The Hall–Kier alpha value is -1.00. The second-order valence-corrected chi connectivity index (χ2v) is 6.36. The van der Waals surface area contributed by atoms with Crippen molar-refractivity contribution in [3.05, 3.63) is 35.4 Å². The van der Waals surface area contributed by atoms with Gasteiger partial charge in [-0.1, -0.05) is 31.2 Å². The van der Waals surface area contributed by atoms with Crippen LogP contribution in [0, 0.1) is 6.92 Å². The minimum atomic E-state index is -0.794. The smallest absolute Gasteiger partial charge is 0.323 e. The van der Waals surface area contributed by atoms with E-state index in [0.717, 1.165) is 17.9 Å². The molecule has 0 spiro atoms. The summed E-state index contributed by atoms with van der Waals surface area (Å²) in [5, 5.41) is 12.3. The molecule has 2 N–H and O–H groups in total. The van der Waals surface area contributed by atoms with Gasteiger partial charge in [-0.2, -0.15) is 11.8 Å². The number of rotatable bonds is 9. The van der Waals surface area contributed by atoms with Gasteiger partial charge in [0.2, 0.25) is 0 Å². The molecule has 0 bridgehead atoms. The first kappa shape index (κ1) is 17.1. The molecule has 1 aromatic carbocycles. The predicted molar refractivity (Wildman–Crippen MR) is 86.3 cm³/mol. The summed E-state index contributed by atoms with van der Waals surface area (Å²) in [4.78, 5) is 11.3. The fraction of sp³-hybridized carbons (Fsp3) is 0.562. The first-order valence-electron chi connectivity index (χ1n) is 7.10. The summed E-state index contributed by atoms with van der Waals surface area (Å²) in [5.41, 5.74) is 1.89. The van der Waals surface area contributed by atoms with Gasteiger partial charge in [-0.15, -0.1) is 0 Å². The number of aliphatic carboxylic acids is 1. The molecule has 0 saturated carbocycles. The zero-order valence-corrected chi connectivity index (χ0v) is 13.4. The van der Waals surface area contributed by atoms with Crippen LogP contribution in [0.5, 0.6) is 0 Å². The molecule has 1 atom stereocenters. The van der Waals surface area contributed by atoms with Crippen LogP contribution >= 0.6 is 11.8 Å². The normalized spacial score (nSPS) is 13.9. The van der Waals surface area contributed by atoms with Crippen molar-refractivity contribution in [3.8, 4) is 0 Å². The first-order chi connectivity index (χ1) is 9.49. The summed E-state index contributed by atoms with van der Waals surface area (Å²) >= 11 is 1.87. The summed E-state index contributed by atoms with van der Waals surface area (Å²) in [6.45, 7) is 6.51. The van der Waals surface area contributed by atoms with Crippen molar-refractivity contribution in [2.24, 2.45) is 0 Å². The van der Waals surface area contributed by atoms with Crippen LogP contribution in [0.1, 0.15) is 37.8 Å². The Morgan fingerprint density at radius 2 is 2.10 bits per heavy atom. The van der Waals surface area contributed by atoms with E-state index in [1.165, 1.54) is 11.1 Å². The summed E-state index contributed by atoms with van der Waals surface area (Å²) in [7, 11) is 0. The average Bonchev–Trinajstić information content (AvgIpc) is 2.40. The molecule has 0 amide bonds. The third kappa shape index (κ3) is 5.17. The number of hydrogen-bond acceptors (Lipinski definition) is 3. The van der Waals surface area contributed by atoms with Gasteiger partial charge in [0.15, 0.2) is 0 Å². The molecule has 4 heteroatoms. The summed E-state index contributed by atoms with van der Waals surface area (Å²) < 4.78 is 0. The molecule has 3 nitrogen and oxygen atoms in total. The molecule has 0 aliphatic heterocycles. The van der Waals surface area contributed by atoms with E-state index in [1.807, 2.05) is 18.7 Å². The zero-order valence-electron chi connectivity index (χ0n) is 12.6. The number of aryl methyl sites for hydroxylation is 1. The molecule has 0 heterocycles. The molecule has 0 saturated heterocycles. The molecule has 1 aromatic rings. The average molecular weight is 295 g/mol. The fourth-order valence-electron chi connectivity index (χ4n) is 2.14. The van der Waals surface area contributed by atoms with Gasteiger partial charge in [-0.05, 0) is 50.1 Å². The topological polar surface area (TPSA) is 49.3 Å². The number of carboxylic acid groups (broad SMARTS) is 1. The molecule has 112 valence electrons. The van der Waals surface area contributed by atoms with Crippen molar-refractivity contribution in [2.45, 2.75) is 44.9 Å². The van der Waals surface area contributed by atoms with E-state index in [2.05, 4.69) is 36.5 Å². The van der Waals surface area contributed by atoms with Crippen molar-refractivity contribution in [2.75, 3.05) is 12.3 Å². The number of carbonyl (C=O) groups is 1. The van der Waals surface area contributed by atoms with Crippen molar-refractivity contribution in [3.63, 3.8) is 0 Å². The van der Waals surface area contributed by atoms with Crippen molar-refractivity contribution < 1.29 is 9.90 Å². The van der Waals surface area contributed by atoms with Crippen LogP contribution in [-0.4, -0.2) is 28.9 Å². The number of carboxylic acids is 1. The quantitative estimate of drug-likeness (QED) is 0.685. The summed E-state index contributed by atoms with van der Waals surface area (Å²) in [5.74, 6) is 1.23. The van der Waals surface area contributed by atoms with Crippen molar-refractivity contribution >= 4 is 17.7 Å². The SMILES string of the molecule is CCNC(C)(CCCSCc1ccccc1C)C(=O)O. The van der Waals surface area contributed by atoms with Gasteiger partial charge < -0.3 is 10.4 Å². The van der Waals surface area contributed by atoms with E-state index in [9.17, 15) is 9.90 Å². The second-order valence-electron chi connectivity index (χ2n) is 5.25. The lowest BCUT2D eigenvalue weighted by molar-refractivity contribution is -0.144. The van der Waals surface area contributed by atoms with Crippen molar-refractivity contribution in [1.82, 2.24) is 5.32 Å². The Balaban J connectivity index is 2.31. The third-order valence-electron chi connectivity index (χ3n) is 3.52. The van der Waals surface area contributed by atoms with Gasteiger partial charge >= 0.3 is 5.97 Å². The van der Waals surface area contributed by atoms with Crippen molar-refractivity contribution in [1.29, 1.82) is 0 Å². The molecule has 0 aliphatic rings. The Bertz CT molecular complexity index is 436. The highest BCUT2D eigenvalue weighted by Gasteiger charge is 2.30. The molecule has 20 heavy (non-hydrogen) atoms.